The van der Waals surface area contributed by atoms with Crippen LogP contribution in [0, 0.1) is 19.8 Å². The van der Waals surface area contributed by atoms with E-state index >= 15 is 0 Å². The maximum absolute atomic E-state index is 12.8. The lowest BCUT2D eigenvalue weighted by atomic mass is 9.85. The van der Waals surface area contributed by atoms with Gasteiger partial charge in [-0.25, -0.2) is 8.42 Å². The zero-order valence-corrected chi connectivity index (χ0v) is 17.0. The van der Waals surface area contributed by atoms with Gasteiger partial charge in [0, 0.05) is 30.7 Å². The minimum Gasteiger partial charge on any atom is -0.328 e. The molecule has 1 aliphatic carbocycles. The van der Waals surface area contributed by atoms with Crippen LogP contribution in [0.3, 0.4) is 0 Å². The third kappa shape index (κ3) is 4.45. The van der Waals surface area contributed by atoms with Crippen LogP contribution < -0.4 is 11.1 Å². The van der Waals surface area contributed by atoms with Crippen molar-refractivity contribution >= 4 is 21.6 Å². The Labute approximate surface area is 157 Å². The second-order valence-corrected chi connectivity index (χ2v) is 9.05. The summed E-state index contributed by atoms with van der Waals surface area (Å²) in [6.45, 7) is 8.21. The maximum atomic E-state index is 12.8. The number of benzene rings is 1. The third-order valence-electron chi connectivity index (χ3n) is 5.33. The normalized spacial score (nSPS) is 21.0. The molecule has 1 aromatic rings. The summed E-state index contributed by atoms with van der Waals surface area (Å²) in [4.78, 5) is 12.9. The van der Waals surface area contributed by atoms with Crippen molar-refractivity contribution in [1.82, 2.24) is 4.31 Å². The fraction of sp³-hybridized carbons (Fsp3) is 0.632. The molecule has 2 atom stereocenters. The van der Waals surface area contributed by atoms with E-state index in [0.29, 0.717) is 25.2 Å². The molecule has 3 N–H and O–H groups in total. The SMILES string of the molecule is CCN(CC)S(=O)(=O)c1cc(C)c(C)c(NC(=O)C2CCCC(N)C2)c1. The Morgan fingerprint density at radius 3 is 2.46 bits per heavy atom. The molecule has 0 aromatic heterocycles. The lowest BCUT2D eigenvalue weighted by Gasteiger charge is -2.26. The van der Waals surface area contributed by atoms with Crippen LogP contribution in [0.4, 0.5) is 5.69 Å². The molecule has 7 heteroatoms. The number of carbonyl (C=O) groups excluding carboxylic acids is 1. The second kappa shape index (κ2) is 8.50. The Morgan fingerprint density at radius 2 is 1.88 bits per heavy atom. The van der Waals surface area contributed by atoms with Gasteiger partial charge in [0.15, 0.2) is 0 Å². The average molecular weight is 382 g/mol. The van der Waals surface area contributed by atoms with Gasteiger partial charge in [-0.3, -0.25) is 4.79 Å². The van der Waals surface area contributed by atoms with E-state index in [4.69, 9.17) is 5.73 Å². The van der Waals surface area contributed by atoms with Crippen LogP contribution in [0.5, 0.6) is 0 Å². The second-order valence-electron chi connectivity index (χ2n) is 7.11. The first-order valence-corrected chi connectivity index (χ1v) is 10.8. The van der Waals surface area contributed by atoms with Gasteiger partial charge in [0.1, 0.15) is 0 Å². The molecule has 1 amide bonds. The fourth-order valence-electron chi connectivity index (χ4n) is 3.52. The van der Waals surface area contributed by atoms with Crippen LogP contribution in [0.2, 0.25) is 0 Å². The van der Waals surface area contributed by atoms with Crippen LogP contribution in [0.25, 0.3) is 0 Å². The zero-order chi connectivity index (χ0) is 19.5. The molecule has 2 unspecified atom stereocenters. The van der Waals surface area contributed by atoms with E-state index in [9.17, 15) is 13.2 Å². The molecule has 0 heterocycles. The van der Waals surface area contributed by atoms with Crippen molar-refractivity contribution in [2.45, 2.75) is 64.3 Å². The van der Waals surface area contributed by atoms with Gasteiger partial charge in [-0.15, -0.1) is 0 Å². The summed E-state index contributed by atoms with van der Waals surface area (Å²) in [7, 11) is -3.57. The molecular weight excluding hydrogens is 350 g/mol. The number of carbonyl (C=O) groups is 1. The maximum Gasteiger partial charge on any atom is 0.243 e. The highest BCUT2D eigenvalue weighted by atomic mass is 32.2. The number of hydrogen-bond donors (Lipinski definition) is 2. The minimum atomic E-state index is -3.57. The van der Waals surface area contributed by atoms with Crippen molar-refractivity contribution in [3.63, 3.8) is 0 Å². The van der Waals surface area contributed by atoms with Gasteiger partial charge in [-0.1, -0.05) is 20.3 Å². The number of nitrogens with one attached hydrogen (secondary N) is 1. The summed E-state index contributed by atoms with van der Waals surface area (Å²) in [5, 5.41) is 2.95. The number of aryl methyl sites for hydroxylation is 1. The Morgan fingerprint density at radius 1 is 1.23 bits per heavy atom. The summed E-state index contributed by atoms with van der Waals surface area (Å²) in [6, 6.07) is 3.32. The van der Waals surface area contributed by atoms with Crippen molar-refractivity contribution in [1.29, 1.82) is 0 Å². The van der Waals surface area contributed by atoms with E-state index in [-0.39, 0.29) is 22.8 Å². The molecule has 2 rings (SSSR count). The molecule has 0 bridgehead atoms. The lowest BCUT2D eigenvalue weighted by molar-refractivity contribution is -0.120. The number of hydrogen-bond acceptors (Lipinski definition) is 4. The molecule has 1 saturated carbocycles. The topological polar surface area (TPSA) is 92.5 Å². The standard InChI is InChI=1S/C19H31N3O3S/c1-5-22(6-2)26(24,25)17-10-13(3)14(4)18(12-17)21-19(23)15-8-7-9-16(20)11-15/h10,12,15-16H,5-9,11,20H2,1-4H3,(H,21,23). The van der Waals surface area contributed by atoms with Gasteiger partial charge >= 0.3 is 0 Å². The van der Waals surface area contributed by atoms with Crippen molar-refractivity contribution in [3.8, 4) is 0 Å². The number of sulfonamides is 1. The Hall–Kier alpha value is -1.44. The molecule has 146 valence electrons. The van der Waals surface area contributed by atoms with Crippen molar-refractivity contribution in [2.75, 3.05) is 18.4 Å². The molecule has 0 spiro atoms. The largest absolute Gasteiger partial charge is 0.328 e. The summed E-state index contributed by atoms with van der Waals surface area (Å²) in [5.41, 5.74) is 8.29. The minimum absolute atomic E-state index is 0.0664. The van der Waals surface area contributed by atoms with Crippen LogP contribution in [0.1, 0.15) is 50.7 Å². The van der Waals surface area contributed by atoms with Crippen molar-refractivity contribution in [3.05, 3.63) is 23.3 Å². The number of amides is 1. The molecule has 1 aromatic carbocycles. The van der Waals surface area contributed by atoms with Crippen LogP contribution in [-0.2, 0) is 14.8 Å². The molecule has 0 radical (unpaired) electrons. The zero-order valence-electron chi connectivity index (χ0n) is 16.2. The van der Waals surface area contributed by atoms with E-state index in [1.165, 1.54) is 4.31 Å². The van der Waals surface area contributed by atoms with Gasteiger partial charge < -0.3 is 11.1 Å². The highest BCUT2D eigenvalue weighted by Crippen LogP contribution is 2.29. The van der Waals surface area contributed by atoms with E-state index < -0.39 is 10.0 Å². The van der Waals surface area contributed by atoms with Crippen LogP contribution in [-0.4, -0.2) is 37.8 Å². The van der Waals surface area contributed by atoms with Crippen LogP contribution >= 0.6 is 0 Å². The average Bonchev–Trinajstić information content (AvgIpc) is 2.59. The molecule has 0 saturated heterocycles. The molecule has 0 aliphatic heterocycles. The number of nitrogens with two attached hydrogens (primary N) is 1. The monoisotopic (exact) mass is 381 g/mol. The van der Waals surface area contributed by atoms with E-state index in [2.05, 4.69) is 5.32 Å². The van der Waals surface area contributed by atoms with Crippen molar-refractivity contribution in [2.24, 2.45) is 11.7 Å². The number of anilines is 1. The summed E-state index contributed by atoms with van der Waals surface area (Å²) in [6.07, 6.45) is 3.42. The number of nitrogens with zero attached hydrogens (tertiary/aromatic N) is 1. The Bertz CT molecular complexity index is 758. The van der Waals surface area contributed by atoms with Crippen LogP contribution in [0.15, 0.2) is 17.0 Å². The lowest BCUT2D eigenvalue weighted by Crippen LogP contribution is -2.34. The summed E-state index contributed by atoms with van der Waals surface area (Å²) >= 11 is 0. The van der Waals surface area contributed by atoms with Crippen molar-refractivity contribution < 1.29 is 13.2 Å². The Balaban J connectivity index is 2.32. The molecule has 1 fully saturated rings. The molecule has 1 aliphatic rings. The third-order valence-corrected chi connectivity index (χ3v) is 7.36. The predicted octanol–water partition coefficient (Wildman–Crippen LogP) is 2.79. The van der Waals surface area contributed by atoms with E-state index in [0.717, 1.165) is 30.4 Å². The summed E-state index contributed by atoms with van der Waals surface area (Å²) in [5.74, 6) is -0.179. The van der Waals surface area contributed by atoms with E-state index in [1.54, 1.807) is 12.1 Å². The first-order valence-electron chi connectivity index (χ1n) is 9.38. The molecule has 26 heavy (non-hydrogen) atoms. The predicted molar refractivity (Wildman–Crippen MR) is 105 cm³/mol. The van der Waals surface area contributed by atoms with Gasteiger partial charge in [-0.05, 0) is 56.4 Å². The first-order chi connectivity index (χ1) is 12.2. The van der Waals surface area contributed by atoms with Gasteiger partial charge in [0.2, 0.25) is 15.9 Å². The smallest absolute Gasteiger partial charge is 0.243 e. The molecular formula is C19H31N3O3S. The van der Waals surface area contributed by atoms with Gasteiger partial charge in [-0.2, -0.15) is 4.31 Å². The first kappa shape index (κ1) is 20.9. The van der Waals surface area contributed by atoms with E-state index in [1.807, 2.05) is 27.7 Å². The van der Waals surface area contributed by atoms with Gasteiger partial charge in [0.05, 0.1) is 4.90 Å². The summed E-state index contributed by atoms with van der Waals surface area (Å²) < 4.78 is 27.1. The highest BCUT2D eigenvalue weighted by Gasteiger charge is 2.27. The number of rotatable bonds is 6. The fourth-order valence-corrected chi connectivity index (χ4v) is 5.09. The molecule has 6 nitrogen and oxygen atoms in total. The Kier molecular flexibility index (Phi) is 6.82. The quantitative estimate of drug-likeness (QED) is 0.792. The highest BCUT2D eigenvalue weighted by molar-refractivity contribution is 7.89. The van der Waals surface area contributed by atoms with Gasteiger partial charge in [0.25, 0.3) is 0 Å².